The standard InChI is InChI=1S/C18H13N3O3/c19-9-12-5-6-20-17(7-12)23-14-10-21(11-14)18(22)16-8-13-3-1-2-4-15(13)24-16/h1-8,14H,10-11H2. The van der Waals surface area contributed by atoms with Gasteiger partial charge in [0.05, 0.1) is 24.7 Å². The van der Waals surface area contributed by atoms with E-state index in [1.807, 2.05) is 30.3 Å². The average Bonchev–Trinajstić information content (AvgIpc) is 3.01. The fourth-order valence-electron chi connectivity index (χ4n) is 2.64. The molecule has 0 radical (unpaired) electrons. The first kappa shape index (κ1) is 14.3. The molecular formula is C18H13N3O3. The number of hydrogen-bond acceptors (Lipinski definition) is 5. The largest absolute Gasteiger partial charge is 0.471 e. The zero-order chi connectivity index (χ0) is 16.5. The topological polar surface area (TPSA) is 79.4 Å². The molecule has 118 valence electrons. The van der Waals surface area contributed by atoms with Gasteiger partial charge in [-0.05, 0) is 18.2 Å². The lowest BCUT2D eigenvalue weighted by Crippen LogP contribution is -2.56. The second kappa shape index (κ2) is 5.70. The van der Waals surface area contributed by atoms with E-state index >= 15 is 0 Å². The number of ether oxygens (including phenoxy) is 1. The molecule has 2 aromatic heterocycles. The Morgan fingerprint density at radius 1 is 1.29 bits per heavy atom. The number of carbonyl (C=O) groups is 1. The molecule has 0 saturated carbocycles. The Morgan fingerprint density at radius 3 is 2.92 bits per heavy atom. The maximum absolute atomic E-state index is 12.4. The summed E-state index contributed by atoms with van der Waals surface area (Å²) in [6.45, 7) is 0.933. The van der Waals surface area contributed by atoms with Crippen LogP contribution in [0.3, 0.4) is 0 Å². The van der Waals surface area contributed by atoms with Crippen LogP contribution in [0.15, 0.2) is 53.1 Å². The van der Waals surface area contributed by atoms with Gasteiger partial charge < -0.3 is 14.1 Å². The molecule has 6 nitrogen and oxygen atoms in total. The van der Waals surface area contributed by atoms with E-state index in [1.165, 1.54) is 6.20 Å². The number of nitriles is 1. The molecule has 0 atom stereocenters. The van der Waals surface area contributed by atoms with E-state index in [0.717, 1.165) is 5.39 Å². The number of amides is 1. The van der Waals surface area contributed by atoms with E-state index in [2.05, 4.69) is 4.98 Å². The van der Waals surface area contributed by atoms with Gasteiger partial charge in [-0.2, -0.15) is 5.26 Å². The summed E-state index contributed by atoms with van der Waals surface area (Å²) in [7, 11) is 0. The normalized spacial score (nSPS) is 14.2. The van der Waals surface area contributed by atoms with Crippen molar-refractivity contribution in [3.05, 3.63) is 60.0 Å². The zero-order valence-electron chi connectivity index (χ0n) is 12.7. The fourth-order valence-corrected chi connectivity index (χ4v) is 2.64. The maximum atomic E-state index is 12.4. The maximum Gasteiger partial charge on any atom is 0.289 e. The molecule has 6 heteroatoms. The lowest BCUT2D eigenvalue weighted by Gasteiger charge is -2.38. The van der Waals surface area contributed by atoms with Crippen molar-refractivity contribution in [3.8, 4) is 11.9 Å². The van der Waals surface area contributed by atoms with Crippen LogP contribution in [0.4, 0.5) is 0 Å². The highest BCUT2D eigenvalue weighted by Crippen LogP contribution is 2.23. The molecule has 0 unspecified atom stereocenters. The highest BCUT2D eigenvalue weighted by atomic mass is 16.5. The smallest absolute Gasteiger partial charge is 0.289 e. The van der Waals surface area contributed by atoms with Crippen molar-refractivity contribution in [1.29, 1.82) is 5.26 Å². The van der Waals surface area contributed by atoms with Gasteiger partial charge in [0.15, 0.2) is 5.76 Å². The minimum atomic E-state index is -0.148. The average molecular weight is 319 g/mol. The van der Waals surface area contributed by atoms with Crippen molar-refractivity contribution >= 4 is 16.9 Å². The van der Waals surface area contributed by atoms with E-state index in [0.29, 0.717) is 35.9 Å². The van der Waals surface area contributed by atoms with Gasteiger partial charge in [-0.25, -0.2) is 4.98 Å². The van der Waals surface area contributed by atoms with Gasteiger partial charge in [0.2, 0.25) is 5.88 Å². The van der Waals surface area contributed by atoms with E-state index in [-0.39, 0.29) is 12.0 Å². The number of rotatable bonds is 3. The van der Waals surface area contributed by atoms with Gasteiger partial charge in [0.25, 0.3) is 5.91 Å². The van der Waals surface area contributed by atoms with Gasteiger partial charge >= 0.3 is 0 Å². The lowest BCUT2D eigenvalue weighted by molar-refractivity contribution is 0.0139. The molecule has 1 fully saturated rings. The number of pyridine rings is 1. The number of carbonyl (C=O) groups excluding carboxylic acids is 1. The Kier molecular flexibility index (Phi) is 3.39. The molecule has 4 rings (SSSR count). The molecule has 0 bridgehead atoms. The number of likely N-dealkylation sites (tertiary alicyclic amines) is 1. The van der Waals surface area contributed by atoms with E-state index in [9.17, 15) is 4.79 Å². The number of para-hydroxylation sites is 1. The molecular weight excluding hydrogens is 306 g/mol. The number of aromatic nitrogens is 1. The van der Waals surface area contributed by atoms with Crippen molar-refractivity contribution in [2.24, 2.45) is 0 Å². The monoisotopic (exact) mass is 319 g/mol. The van der Waals surface area contributed by atoms with E-state index in [4.69, 9.17) is 14.4 Å². The van der Waals surface area contributed by atoms with Crippen molar-refractivity contribution < 1.29 is 13.9 Å². The molecule has 1 aliphatic heterocycles. The van der Waals surface area contributed by atoms with Crippen molar-refractivity contribution in [2.45, 2.75) is 6.10 Å². The van der Waals surface area contributed by atoms with Gasteiger partial charge in [0, 0.05) is 17.6 Å². The number of fused-ring (bicyclic) bond motifs is 1. The molecule has 1 saturated heterocycles. The van der Waals surface area contributed by atoms with Crippen LogP contribution in [0, 0.1) is 11.3 Å². The fraction of sp³-hybridized carbons (Fsp3) is 0.167. The third-order valence-corrected chi connectivity index (χ3v) is 3.92. The van der Waals surface area contributed by atoms with Gasteiger partial charge in [-0.1, -0.05) is 18.2 Å². The summed E-state index contributed by atoms with van der Waals surface area (Å²) in [6.07, 6.45) is 1.41. The third-order valence-electron chi connectivity index (χ3n) is 3.92. The molecule has 0 spiro atoms. The second-order valence-corrected chi connectivity index (χ2v) is 5.59. The molecule has 1 aromatic carbocycles. The predicted octanol–water partition coefficient (Wildman–Crippen LogP) is 2.60. The summed E-state index contributed by atoms with van der Waals surface area (Å²) in [5, 5.41) is 9.78. The SMILES string of the molecule is N#Cc1ccnc(OC2CN(C(=O)c3cc4ccccc4o3)C2)c1. The summed E-state index contributed by atoms with van der Waals surface area (Å²) in [5.41, 5.74) is 1.20. The molecule has 3 heterocycles. The zero-order valence-corrected chi connectivity index (χ0v) is 12.7. The van der Waals surface area contributed by atoms with Crippen molar-refractivity contribution in [1.82, 2.24) is 9.88 Å². The summed E-state index contributed by atoms with van der Waals surface area (Å²) in [6, 6.07) is 14.5. The van der Waals surface area contributed by atoms with Gasteiger partial charge in [0.1, 0.15) is 11.7 Å². The van der Waals surface area contributed by atoms with Crippen LogP contribution in [0.1, 0.15) is 16.1 Å². The third kappa shape index (κ3) is 2.57. The lowest BCUT2D eigenvalue weighted by atomic mass is 10.1. The number of hydrogen-bond donors (Lipinski definition) is 0. The van der Waals surface area contributed by atoms with E-state index in [1.54, 1.807) is 23.1 Å². The van der Waals surface area contributed by atoms with Crippen LogP contribution in [-0.4, -0.2) is 35.0 Å². The van der Waals surface area contributed by atoms with Crippen LogP contribution in [0.5, 0.6) is 5.88 Å². The summed E-state index contributed by atoms with van der Waals surface area (Å²) < 4.78 is 11.3. The molecule has 3 aromatic rings. The molecule has 1 aliphatic rings. The predicted molar refractivity (Wildman–Crippen MR) is 85.5 cm³/mol. The summed E-state index contributed by atoms with van der Waals surface area (Å²) in [5.74, 6) is 0.582. The quantitative estimate of drug-likeness (QED) is 0.741. The number of benzene rings is 1. The van der Waals surface area contributed by atoms with Crippen LogP contribution in [-0.2, 0) is 0 Å². The molecule has 0 N–H and O–H groups in total. The Bertz CT molecular complexity index is 918. The second-order valence-electron chi connectivity index (χ2n) is 5.59. The minimum Gasteiger partial charge on any atom is -0.471 e. The Hall–Kier alpha value is -3.33. The van der Waals surface area contributed by atoms with Gasteiger partial charge in [-0.3, -0.25) is 4.79 Å². The summed E-state index contributed by atoms with van der Waals surface area (Å²) in [4.78, 5) is 18.1. The van der Waals surface area contributed by atoms with Crippen LogP contribution in [0.2, 0.25) is 0 Å². The van der Waals surface area contributed by atoms with Crippen LogP contribution in [0.25, 0.3) is 11.0 Å². The Labute approximate surface area is 137 Å². The Morgan fingerprint density at radius 2 is 2.12 bits per heavy atom. The minimum absolute atomic E-state index is 0.125. The number of furan rings is 1. The first-order chi connectivity index (χ1) is 11.7. The highest BCUT2D eigenvalue weighted by Gasteiger charge is 2.34. The van der Waals surface area contributed by atoms with E-state index < -0.39 is 0 Å². The molecule has 1 amide bonds. The van der Waals surface area contributed by atoms with Gasteiger partial charge in [-0.15, -0.1) is 0 Å². The van der Waals surface area contributed by atoms with Crippen LogP contribution < -0.4 is 4.74 Å². The first-order valence-electron chi connectivity index (χ1n) is 7.53. The Balaban J connectivity index is 1.40. The molecule has 0 aliphatic carbocycles. The number of nitrogens with zero attached hydrogens (tertiary/aromatic N) is 3. The van der Waals surface area contributed by atoms with Crippen LogP contribution >= 0.6 is 0 Å². The van der Waals surface area contributed by atoms with Crippen molar-refractivity contribution in [3.63, 3.8) is 0 Å². The summed E-state index contributed by atoms with van der Waals surface area (Å²) >= 11 is 0. The highest BCUT2D eigenvalue weighted by molar-refractivity contribution is 5.96. The first-order valence-corrected chi connectivity index (χ1v) is 7.53. The molecule has 24 heavy (non-hydrogen) atoms. The van der Waals surface area contributed by atoms with Crippen molar-refractivity contribution in [2.75, 3.05) is 13.1 Å².